The Labute approximate surface area is 229 Å². The lowest BCUT2D eigenvalue weighted by molar-refractivity contribution is -0.131. The Balaban J connectivity index is 1.38. The molecule has 1 saturated heterocycles. The number of carbonyl (C=O) groups is 2. The molecule has 1 amide bonds. The van der Waals surface area contributed by atoms with Crippen LogP contribution < -0.4 is 4.74 Å². The molecule has 1 saturated carbocycles. The van der Waals surface area contributed by atoms with Crippen LogP contribution in [0.3, 0.4) is 0 Å². The molecule has 5 nitrogen and oxygen atoms in total. The number of halogens is 1. The van der Waals surface area contributed by atoms with Crippen molar-refractivity contribution >= 4 is 23.5 Å². The molecule has 0 N–H and O–H groups in total. The van der Waals surface area contributed by atoms with Gasteiger partial charge >= 0.3 is 5.97 Å². The van der Waals surface area contributed by atoms with Gasteiger partial charge in [-0.05, 0) is 90.8 Å². The van der Waals surface area contributed by atoms with E-state index in [0.717, 1.165) is 37.7 Å². The van der Waals surface area contributed by atoms with Crippen LogP contribution >= 0.6 is 11.6 Å². The highest BCUT2D eigenvalue weighted by atomic mass is 35.5. The average Bonchev–Trinajstić information content (AvgIpc) is 3.27. The first-order valence-electron chi connectivity index (χ1n) is 13.1. The van der Waals surface area contributed by atoms with Gasteiger partial charge in [-0.2, -0.15) is 5.26 Å². The van der Waals surface area contributed by atoms with Gasteiger partial charge in [0.2, 0.25) is 0 Å². The van der Waals surface area contributed by atoms with Crippen molar-refractivity contribution in [1.29, 1.82) is 5.26 Å². The minimum atomic E-state index is -0.439. The maximum Gasteiger partial charge on any atom is 0.308 e. The highest BCUT2D eigenvalue weighted by molar-refractivity contribution is 6.31. The fourth-order valence-corrected chi connectivity index (χ4v) is 6.58. The van der Waals surface area contributed by atoms with Gasteiger partial charge in [-0.1, -0.05) is 54.1 Å². The molecule has 2 atom stereocenters. The normalized spacial score (nSPS) is 21.8. The number of amides is 1. The third kappa shape index (κ3) is 4.93. The van der Waals surface area contributed by atoms with Crippen molar-refractivity contribution in [2.45, 2.75) is 46.0 Å². The Hall–Kier alpha value is -3.62. The summed E-state index contributed by atoms with van der Waals surface area (Å²) in [5.41, 5.74) is 4.82. The number of carbonyl (C=O) groups excluding carboxylic acids is 2. The fraction of sp³-hybridized carbons (Fsp3) is 0.344. The molecule has 1 heterocycles. The van der Waals surface area contributed by atoms with Crippen LogP contribution in [0.15, 0.2) is 66.7 Å². The summed E-state index contributed by atoms with van der Waals surface area (Å²) in [6.45, 7) is 4.89. The van der Waals surface area contributed by atoms with Crippen molar-refractivity contribution in [3.63, 3.8) is 0 Å². The zero-order chi connectivity index (χ0) is 26.9. The predicted molar refractivity (Wildman–Crippen MR) is 147 cm³/mol. The summed E-state index contributed by atoms with van der Waals surface area (Å²) >= 11 is 6.32. The molecule has 0 aromatic heterocycles. The van der Waals surface area contributed by atoms with E-state index in [0.29, 0.717) is 35.0 Å². The van der Waals surface area contributed by atoms with E-state index in [1.165, 1.54) is 18.1 Å². The molecule has 1 aliphatic heterocycles. The van der Waals surface area contributed by atoms with Gasteiger partial charge in [0, 0.05) is 20.0 Å². The maximum atomic E-state index is 13.6. The minimum Gasteiger partial charge on any atom is -0.426 e. The van der Waals surface area contributed by atoms with Crippen LogP contribution in [0.4, 0.5) is 0 Å². The van der Waals surface area contributed by atoms with Gasteiger partial charge in [-0.25, -0.2) is 0 Å². The number of likely N-dealkylation sites (tertiary alicyclic amines) is 1. The summed E-state index contributed by atoms with van der Waals surface area (Å²) in [6, 6.07) is 23.4. The van der Waals surface area contributed by atoms with E-state index in [1.54, 1.807) is 30.3 Å². The largest absolute Gasteiger partial charge is 0.426 e. The van der Waals surface area contributed by atoms with Crippen molar-refractivity contribution in [2.24, 2.45) is 10.8 Å². The van der Waals surface area contributed by atoms with Crippen molar-refractivity contribution < 1.29 is 14.3 Å². The summed E-state index contributed by atoms with van der Waals surface area (Å²) < 4.78 is 5.32. The van der Waals surface area contributed by atoms with Gasteiger partial charge in [0.1, 0.15) is 11.8 Å². The van der Waals surface area contributed by atoms with E-state index in [-0.39, 0.29) is 16.7 Å². The standard InChI is InChI=1S/C32H31ClN2O3/c1-22-7-3-4-8-25(22)18-31(14-13-24-11-12-26(19-34)28(33)17-24)20-32(31)15-16-35(21-32)30(37)27-9-5-6-10-29(27)38-23(2)36/h3-12,17H,13-16,18,20-21H2,1-2H3/t31?,32-/m0/s1. The lowest BCUT2D eigenvalue weighted by atomic mass is 9.81. The molecule has 1 aliphatic carbocycles. The molecule has 3 aromatic carbocycles. The minimum absolute atomic E-state index is 0.0533. The smallest absolute Gasteiger partial charge is 0.308 e. The first kappa shape index (κ1) is 26.0. The van der Waals surface area contributed by atoms with Crippen molar-refractivity contribution in [3.05, 3.63) is 99.6 Å². The van der Waals surface area contributed by atoms with Gasteiger partial charge < -0.3 is 9.64 Å². The first-order valence-corrected chi connectivity index (χ1v) is 13.4. The molecule has 0 radical (unpaired) electrons. The van der Waals surface area contributed by atoms with Crippen LogP contribution in [0, 0.1) is 29.1 Å². The summed E-state index contributed by atoms with van der Waals surface area (Å²) in [5.74, 6) is -0.217. The lowest BCUT2D eigenvalue weighted by Gasteiger charge is -2.25. The van der Waals surface area contributed by atoms with Crippen LogP contribution in [0.2, 0.25) is 5.02 Å². The lowest BCUT2D eigenvalue weighted by Crippen LogP contribution is -2.31. The third-order valence-corrected chi connectivity index (χ3v) is 8.84. The predicted octanol–water partition coefficient (Wildman–Crippen LogP) is 6.54. The number of hydrogen-bond acceptors (Lipinski definition) is 4. The fourth-order valence-electron chi connectivity index (χ4n) is 6.34. The molecular weight excluding hydrogens is 496 g/mol. The molecule has 5 rings (SSSR count). The average molecular weight is 527 g/mol. The third-order valence-electron chi connectivity index (χ3n) is 8.53. The monoisotopic (exact) mass is 526 g/mol. The molecule has 194 valence electrons. The van der Waals surface area contributed by atoms with Gasteiger partial charge in [0.25, 0.3) is 5.91 Å². The highest BCUT2D eigenvalue weighted by Crippen LogP contribution is 2.71. The van der Waals surface area contributed by atoms with E-state index >= 15 is 0 Å². The van der Waals surface area contributed by atoms with Crippen molar-refractivity contribution in [3.8, 4) is 11.8 Å². The molecule has 2 fully saturated rings. The van der Waals surface area contributed by atoms with Crippen LogP contribution in [0.1, 0.15) is 58.8 Å². The Morgan fingerprint density at radius 3 is 2.61 bits per heavy atom. The van der Waals surface area contributed by atoms with E-state index in [9.17, 15) is 14.9 Å². The SMILES string of the molecule is CC(=O)Oc1ccccc1C(=O)N1CC[C@@]2(C1)CC2(CCc1ccc(C#N)c(Cl)c1)Cc1ccccc1C. The molecule has 0 bridgehead atoms. The summed E-state index contributed by atoms with van der Waals surface area (Å²) in [7, 11) is 0. The van der Waals surface area contributed by atoms with Gasteiger partial charge in [0.05, 0.1) is 16.1 Å². The second-order valence-corrected chi connectivity index (χ2v) is 11.2. The Bertz CT molecular complexity index is 1440. The molecule has 38 heavy (non-hydrogen) atoms. The second kappa shape index (κ2) is 10.3. The first-order chi connectivity index (χ1) is 18.3. The summed E-state index contributed by atoms with van der Waals surface area (Å²) in [4.78, 5) is 27.1. The van der Waals surface area contributed by atoms with Crippen LogP contribution in [0.5, 0.6) is 5.75 Å². The number of hydrogen-bond donors (Lipinski definition) is 0. The Morgan fingerprint density at radius 1 is 1.11 bits per heavy atom. The van der Waals surface area contributed by atoms with Gasteiger partial charge in [-0.3, -0.25) is 9.59 Å². The number of aryl methyl sites for hydroxylation is 2. The summed E-state index contributed by atoms with van der Waals surface area (Å²) in [5, 5.41) is 9.72. The van der Waals surface area contributed by atoms with Crippen LogP contribution in [-0.4, -0.2) is 29.9 Å². The maximum absolute atomic E-state index is 13.6. The molecule has 1 unspecified atom stereocenters. The number of rotatable bonds is 7. The number of benzene rings is 3. The number of nitriles is 1. The highest BCUT2D eigenvalue weighted by Gasteiger charge is 2.68. The molecule has 1 spiro atoms. The Kier molecular flexibility index (Phi) is 7.03. The van der Waals surface area contributed by atoms with Crippen LogP contribution in [-0.2, 0) is 17.6 Å². The van der Waals surface area contributed by atoms with Crippen molar-refractivity contribution in [2.75, 3.05) is 13.1 Å². The zero-order valence-corrected chi connectivity index (χ0v) is 22.6. The molecule has 3 aromatic rings. The molecular formula is C32H31ClN2O3. The zero-order valence-electron chi connectivity index (χ0n) is 21.8. The van der Waals surface area contributed by atoms with E-state index in [1.807, 2.05) is 17.0 Å². The molecule has 2 aliphatic rings. The van der Waals surface area contributed by atoms with Gasteiger partial charge in [0.15, 0.2) is 0 Å². The summed E-state index contributed by atoms with van der Waals surface area (Å²) in [6.07, 6.45) is 4.83. The van der Waals surface area contributed by atoms with E-state index in [2.05, 4.69) is 37.3 Å². The number of para-hydroxylation sites is 1. The number of ether oxygens (including phenoxy) is 1. The van der Waals surface area contributed by atoms with Gasteiger partial charge in [-0.15, -0.1) is 0 Å². The molecule has 6 heteroatoms. The van der Waals surface area contributed by atoms with E-state index < -0.39 is 5.97 Å². The second-order valence-electron chi connectivity index (χ2n) is 10.8. The topological polar surface area (TPSA) is 70.4 Å². The number of nitrogens with zero attached hydrogens (tertiary/aromatic N) is 2. The van der Waals surface area contributed by atoms with E-state index in [4.69, 9.17) is 16.3 Å². The quantitative estimate of drug-likeness (QED) is 0.259. The van der Waals surface area contributed by atoms with Crippen molar-refractivity contribution in [1.82, 2.24) is 4.90 Å². The Morgan fingerprint density at radius 2 is 1.87 bits per heavy atom. The number of esters is 1. The van der Waals surface area contributed by atoms with Crippen LogP contribution in [0.25, 0.3) is 0 Å².